The Labute approximate surface area is 240 Å². The van der Waals surface area contributed by atoms with Crippen molar-refractivity contribution in [3.63, 3.8) is 0 Å². The Morgan fingerprint density at radius 2 is 1.62 bits per heavy atom. The summed E-state index contributed by atoms with van der Waals surface area (Å²) < 4.78 is 18.9. The van der Waals surface area contributed by atoms with Crippen molar-refractivity contribution >= 4 is 29.7 Å². The van der Waals surface area contributed by atoms with Gasteiger partial charge in [-0.3, -0.25) is 14.4 Å². The van der Waals surface area contributed by atoms with E-state index in [1.54, 1.807) is 57.0 Å². The van der Waals surface area contributed by atoms with E-state index in [-0.39, 0.29) is 27.6 Å². The minimum atomic E-state index is -0.661. The number of hydrogen-bond donors (Lipinski definition) is 3. The number of carbonyl (C=O) groups is 2. The van der Waals surface area contributed by atoms with Gasteiger partial charge in [-0.05, 0) is 69.2 Å². The van der Waals surface area contributed by atoms with Crippen molar-refractivity contribution in [2.45, 2.75) is 45.8 Å². The number of hydrogen-bond acceptors (Lipinski definition) is 7. The molecule has 2 aromatic carbocycles. The lowest BCUT2D eigenvalue weighted by atomic mass is 9.98. The highest BCUT2D eigenvalue weighted by molar-refractivity contribution is 6.11. The number of esters is 1. The third-order valence-electron chi connectivity index (χ3n) is 6.40. The molecule has 1 unspecified atom stereocenters. The molecule has 0 aliphatic rings. The number of ketones is 1. The lowest BCUT2D eigenvalue weighted by Crippen LogP contribution is -2.47. The Kier molecular flexibility index (Phi) is 8.70. The number of carbonyl (C=O) groups excluding carboxylic acids is 2. The zero-order chi connectivity index (χ0) is 30.6. The first-order valence-electron chi connectivity index (χ1n) is 13.3. The maximum Gasteiger partial charge on any atom is 0.329 e. The molecule has 11 heteroatoms. The summed E-state index contributed by atoms with van der Waals surface area (Å²) in [5.74, 6) is -0.852. The Hall–Kier alpha value is -5.06. The standard InChI is InChI=1S/C31H32FN5O5/c1-6-25(30(41)42-31(2,3)4)37(5)27-22(33-17-34-27)16-24-29(40)35-23(28(39)36-24)15-19-9-7-8-10-21(19)26(38)18-11-13-20(32)14-12-18/h7-17,25H,6H2,1-5H3,(H,33,34)(H,35,40)(H,36,39)/b23-15-,24-16-. The summed E-state index contributed by atoms with van der Waals surface area (Å²) in [5.41, 5.74) is -0.498. The van der Waals surface area contributed by atoms with Gasteiger partial charge in [-0.15, -0.1) is 0 Å². The maximum atomic E-state index is 13.3. The first-order chi connectivity index (χ1) is 19.9. The third kappa shape index (κ3) is 6.80. The molecule has 0 spiro atoms. The molecule has 3 N–H and O–H groups in total. The predicted molar refractivity (Wildman–Crippen MR) is 157 cm³/mol. The van der Waals surface area contributed by atoms with Crippen LogP contribution in [0.3, 0.4) is 0 Å². The van der Waals surface area contributed by atoms with Gasteiger partial charge in [0.1, 0.15) is 28.2 Å². The van der Waals surface area contributed by atoms with Crippen molar-refractivity contribution in [2.75, 3.05) is 11.9 Å². The molecule has 2 heterocycles. The van der Waals surface area contributed by atoms with E-state index in [0.29, 0.717) is 23.5 Å². The van der Waals surface area contributed by atoms with Gasteiger partial charge < -0.3 is 24.6 Å². The number of H-pyrrole nitrogens is 3. The van der Waals surface area contributed by atoms with Crippen LogP contribution in [-0.2, 0) is 9.53 Å². The summed E-state index contributed by atoms with van der Waals surface area (Å²) in [6.07, 6.45) is 4.70. The van der Waals surface area contributed by atoms with Crippen LogP contribution in [0.5, 0.6) is 0 Å². The van der Waals surface area contributed by atoms with E-state index in [4.69, 9.17) is 4.74 Å². The zero-order valence-electron chi connectivity index (χ0n) is 23.9. The molecule has 4 aromatic rings. The van der Waals surface area contributed by atoms with E-state index in [0.717, 1.165) is 0 Å². The summed E-state index contributed by atoms with van der Waals surface area (Å²) in [6.45, 7) is 7.22. The van der Waals surface area contributed by atoms with E-state index < -0.39 is 34.5 Å². The minimum absolute atomic E-state index is 0.0444. The highest BCUT2D eigenvalue weighted by Gasteiger charge is 2.29. The SMILES string of the molecule is CCC(C(=O)OC(C)(C)C)N(C)c1nc[nH]c1/C=c1\[nH]c(=O)/c(=C/c2ccccc2C(=O)c2ccc(F)cc2)[nH]c1=O. The van der Waals surface area contributed by atoms with E-state index in [2.05, 4.69) is 19.9 Å². The highest BCUT2D eigenvalue weighted by Crippen LogP contribution is 2.21. The number of ether oxygens (including phenoxy) is 1. The molecular formula is C31H32FN5O5. The number of imidazole rings is 1. The second-order valence-electron chi connectivity index (χ2n) is 10.7. The lowest BCUT2D eigenvalue weighted by molar-refractivity contribution is -0.156. The smallest absolute Gasteiger partial charge is 0.329 e. The van der Waals surface area contributed by atoms with Gasteiger partial charge in [-0.2, -0.15) is 0 Å². The summed E-state index contributed by atoms with van der Waals surface area (Å²) in [7, 11) is 1.70. The molecule has 2 aromatic heterocycles. The number of nitrogens with zero attached hydrogens (tertiary/aromatic N) is 2. The molecule has 0 aliphatic carbocycles. The fraction of sp³-hybridized carbons (Fsp3) is 0.258. The Bertz CT molecular complexity index is 1850. The number of aromatic amines is 3. The second kappa shape index (κ2) is 12.2. The zero-order valence-corrected chi connectivity index (χ0v) is 23.9. The van der Waals surface area contributed by atoms with Crippen LogP contribution in [0.1, 0.15) is 61.3 Å². The quantitative estimate of drug-likeness (QED) is 0.217. The molecule has 0 amide bonds. The largest absolute Gasteiger partial charge is 0.458 e. The topological polar surface area (TPSA) is 141 Å². The average Bonchev–Trinajstić information content (AvgIpc) is 3.39. The number of halogens is 1. The summed E-state index contributed by atoms with van der Waals surface area (Å²) in [6, 6.07) is 11.1. The number of benzene rings is 2. The third-order valence-corrected chi connectivity index (χ3v) is 6.40. The van der Waals surface area contributed by atoms with Crippen LogP contribution in [0, 0.1) is 5.82 Å². The van der Waals surface area contributed by atoms with E-state index in [1.807, 2.05) is 6.92 Å². The minimum Gasteiger partial charge on any atom is -0.458 e. The summed E-state index contributed by atoms with van der Waals surface area (Å²) in [4.78, 5) is 65.9. The van der Waals surface area contributed by atoms with Gasteiger partial charge in [-0.25, -0.2) is 14.2 Å². The van der Waals surface area contributed by atoms with Crippen molar-refractivity contribution in [2.24, 2.45) is 0 Å². The summed E-state index contributed by atoms with van der Waals surface area (Å²) in [5, 5.41) is -0.105. The van der Waals surface area contributed by atoms with Gasteiger partial charge in [0.2, 0.25) is 0 Å². The van der Waals surface area contributed by atoms with Crippen molar-refractivity contribution in [1.29, 1.82) is 0 Å². The van der Waals surface area contributed by atoms with Crippen LogP contribution >= 0.6 is 0 Å². The van der Waals surface area contributed by atoms with Crippen molar-refractivity contribution in [1.82, 2.24) is 19.9 Å². The monoisotopic (exact) mass is 573 g/mol. The second-order valence-corrected chi connectivity index (χ2v) is 10.7. The normalized spacial score (nSPS) is 13.2. The Morgan fingerprint density at radius 3 is 2.24 bits per heavy atom. The van der Waals surface area contributed by atoms with Crippen LogP contribution in [0.2, 0.25) is 0 Å². The fourth-order valence-corrected chi connectivity index (χ4v) is 4.38. The number of nitrogens with one attached hydrogen (secondary N) is 3. The lowest BCUT2D eigenvalue weighted by Gasteiger charge is -2.29. The molecular weight excluding hydrogens is 541 g/mol. The molecule has 0 saturated heterocycles. The number of rotatable bonds is 8. The van der Waals surface area contributed by atoms with Gasteiger partial charge >= 0.3 is 5.97 Å². The molecule has 1 atom stereocenters. The van der Waals surface area contributed by atoms with Gasteiger partial charge in [0.25, 0.3) is 11.1 Å². The predicted octanol–water partition coefficient (Wildman–Crippen LogP) is 2.37. The van der Waals surface area contributed by atoms with Crippen molar-refractivity contribution in [3.05, 3.63) is 114 Å². The van der Waals surface area contributed by atoms with Crippen molar-refractivity contribution < 1.29 is 18.7 Å². The van der Waals surface area contributed by atoms with Crippen LogP contribution in [0.15, 0.2) is 64.4 Å². The fourth-order valence-electron chi connectivity index (χ4n) is 4.38. The molecule has 10 nitrogen and oxygen atoms in total. The van der Waals surface area contributed by atoms with E-state index >= 15 is 0 Å². The van der Waals surface area contributed by atoms with Crippen LogP contribution in [0.4, 0.5) is 10.2 Å². The van der Waals surface area contributed by atoms with Gasteiger partial charge in [0, 0.05) is 18.2 Å². The highest BCUT2D eigenvalue weighted by atomic mass is 19.1. The summed E-state index contributed by atoms with van der Waals surface area (Å²) >= 11 is 0. The molecule has 218 valence electrons. The van der Waals surface area contributed by atoms with Crippen LogP contribution in [0.25, 0.3) is 12.2 Å². The van der Waals surface area contributed by atoms with E-state index in [9.17, 15) is 23.6 Å². The molecule has 0 saturated carbocycles. The van der Waals surface area contributed by atoms with Crippen LogP contribution < -0.4 is 26.7 Å². The molecule has 0 fully saturated rings. The van der Waals surface area contributed by atoms with Crippen molar-refractivity contribution in [3.8, 4) is 0 Å². The van der Waals surface area contributed by atoms with Gasteiger partial charge in [0.15, 0.2) is 11.6 Å². The maximum absolute atomic E-state index is 13.3. The first-order valence-corrected chi connectivity index (χ1v) is 13.3. The van der Waals surface area contributed by atoms with E-state index in [1.165, 1.54) is 42.7 Å². The Balaban J connectivity index is 1.70. The van der Waals surface area contributed by atoms with Gasteiger partial charge in [0.05, 0.1) is 12.0 Å². The molecule has 4 rings (SSSR count). The Morgan fingerprint density at radius 1 is 1.00 bits per heavy atom. The van der Waals surface area contributed by atoms with Crippen LogP contribution in [-0.4, -0.2) is 50.4 Å². The molecule has 0 radical (unpaired) electrons. The molecule has 0 aliphatic heterocycles. The molecule has 0 bridgehead atoms. The number of likely N-dealkylation sites (N-methyl/N-ethyl adjacent to an activating group) is 1. The first kappa shape index (κ1) is 29.9. The number of anilines is 1. The molecule has 42 heavy (non-hydrogen) atoms. The average molecular weight is 574 g/mol. The number of aromatic nitrogens is 4. The van der Waals surface area contributed by atoms with Gasteiger partial charge in [-0.1, -0.05) is 31.2 Å².